The van der Waals surface area contributed by atoms with E-state index in [4.69, 9.17) is 5.14 Å². The number of sulfonamides is 1. The highest BCUT2D eigenvalue weighted by molar-refractivity contribution is 14.1. The molecule has 0 amide bonds. The van der Waals surface area contributed by atoms with Crippen LogP contribution in [-0.2, 0) is 16.4 Å². The number of fused-ring (bicyclic) bond motifs is 1. The first-order valence-corrected chi connectivity index (χ1v) is 8.25. The van der Waals surface area contributed by atoms with Crippen LogP contribution in [0.4, 0.5) is 5.69 Å². The van der Waals surface area contributed by atoms with E-state index in [1.54, 1.807) is 0 Å². The predicted octanol–water partition coefficient (Wildman–Crippen LogP) is 1.49. The molecule has 4 nitrogen and oxygen atoms in total. The third-order valence-corrected chi connectivity index (χ3v) is 4.96. The molecule has 0 bridgehead atoms. The van der Waals surface area contributed by atoms with Crippen LogP contribution >= 0.6 is 22.6 Å². The third-order valence-electron chi connectivity index (χ3n) is 3.04. The average molecular weight is 366 g/mol. The van der Waals surface area contributed by atoms with Crippen LogP contribution in [0.3, 0.4) is 0 Å². The zero-order valence-corrected chi connectivity index (χ0v) is 12.5. The van der Waals surface area contributed by atoms with E-state index in [2.05, 4.69) is 27.5 Å². The highest BCUT2D eigenvalue weighted by Gasteiger charge is 2.32. The SMILES string of the molecule is CC(I)N1CC(S(N)(=O)=O)Cc2ccccc21. The van der Waals surface area contributed by atoms with Gasteiger partial charge in [-0.25, -0.2) is 13.6 Å². The summed E-state index contributed by atoms with van der Waals surface area (Å²) >= 11 is 2.29. The second-order valence-electron chi connectivity index (χ2n) is 4.27. The Hall–Kier alpha value is -0.340. The molecule has 2 unspecified atom stereocenters. The van der Waals surface area contributed by atoms with Crippen LogP contribution in [0, 0.1) is 0 Å². The van der Waals surface area contributed by atoms with Crippen molar-refractivity contribution in [2.45, 2.75) is 22.6 Å². The van der Waals surface area contributed by atoms with Crippen molar-refractivity contribution >= 4 is 38.3 Å². The monoisotopic (exact) mass is 366 g/mol. The van der Waals surface area contributed by atoms with Gasteiger partial charge in [-0.05, 0) is 25.0 Å². The summed E-state index contributed by atoms with van der Waals surface area (Å²) < 4.78 is 23.3. The van der Waals surface area contributed by atoms with Crippen molar-refractivity contribution in [2.24, 2.45) is 5.14 Å². The molecule has 6 heteroatoms. The number of primary sulfonamides is 1. The fourth-order valence-electron chi connectivity index (χ4n) is 2.15. The maximum atomic E-state index is 11.5. The largest absolute Gasteiger partial charge is 0.358 e. The second kappa shape index (κ2) is 4.74. The lowest BCUT2D eigenvalue weighted by atomic mass is 10.0. The van der Waals surface area contributed by atoms with Crippen molar-refractivity contribution in [1.82, 2.24) is 0 Å². The van der Waals surface area contributed by atoms with E-state index < -0.39 is 15.3 Å². The number of nitrogens with zero attached hydrogens (tertiary/aromatic N) is 1. The molecule has 17 heavy (non-hydrogen) atoms. The number of benzene rings is 1. The topological polar surface area (TPSA) is 63.4 Å². The van der Waals surface area contributed by atoms with Crippen molar-refractivity contribution in [3.05, 3.63) is 29.8 Å². The van der Waals surface area contributed by atoms with E-state index in [0.29, 0.717) is 13.0 Å². The molecule has 1 aliphatic rings. The lowest BCUT2D eigenvalue weighted by Crippen LogP contribution is -2.46. The lowest BCUT2D eigenvalue weighted by Gasteiger charge is -2.37. The highest BCUT2D eigenvalue weighted by Crippen LogP contribution is 2.31. The summed E-state index contributed by atoms with van der Waals surface area (Å²) in [4.78, 5) is 2.09. The Morgan fingerprint density at radius 3 is 2.71 bits per heavy atom. The van der Waals surface area contributed by atoms with Crippen LogP contribution < -0.4 is 10.0 Å². The molecule has 1 aliphatic heterocycles. The van der Waals surface area contributed by atoms with Crippen LogP contribution in [0.2, 0.25) is 0 Å². The summed E-state index contributed by atoms with van der Waals surface area (Å²) in [6, 6.07) is 7.91. The van der Waals surface area contributed by atoms with Crippen molar-refractivity contribution < 1.29 is 8.42 Å². The van der Waals surface area contributed by atoms with Gasteiger partial charge in [0.05, 0.1) is 9.30 Å². The molecule has 1 heterocycles. The Bertz CT molecular complexity index is 516. The quantitative estimate of drug-likeness (QED) is 0.490. The minimum Gasteiger partial charge on any atom is -0.358 e. The summed E-state index contributed by atoms with van der Waals surface area (Å²) in [6.07, 6.45) is 0.509. The van der Waals surface area contributed by atoms with E-state index in [9.17, 15) is 8.42 Å². The predicted molar refractivity (Wildman–Crippen MR) is 77.9 cm³/mol. The lowest BCUT2D eigenvalue weighted by molar-refractivity contribution is 0.570. The molecular weight excluding hydrogens is 351 g/mol. The molecule has 0 radical (unpaired) electrons. The minimum absolute atomic E-state index is 0.235. The van der Waals surface area contributed by atoms with Gasteiger partial charge in [-0.3, -0.25) is 0 Å². The van der Waals surface area contributed by atoms with Crippen molar-refractivity contribution in [3.63, 3.8) is 0 Å². The number of hydrogen-bond acceptors (Lipinski definition) is 3. The highest BCUT2D eigenvalue weighted by atomic mass is 127. The molecule has 2 rings (SSSR count). The molecule has 94 valence electrons. The standard InChI is InChI=1S/C11H15IN2O2S/c1-8(12)14-7-10(17(13,15)16)6-9-4-2-3-5-11(9)14/h2-5,8,10H,6-7H2,1H3,(H2,13,15,16). The summed E-state index contributed by atoms with van der Waals surface area (Å²) in [7, 11) is -3.48. The van der Waals surface area contributed by atoms with Gasteiger partial charge in [-0.2, -0.15) is 0 Å². The Morgan fingerprint density at radius 1 is 1.47 bits per heavy atom. The van der Waals surface area contributed by atoms with Crippen molar-refractivity contribution in [3.8, 4) is 0 Å². The minimum atomic E-state index is -3.48. The zero-order valence-electron chi connectivity index (χ0n) is 9.51. The van der Waals surface area contributed by atoms with Gasteiger partial charge in [0.25, 0.3) is 0 Å². The van der Waals surface area contributed by atoms with E-state index >= 15 is 0 Å². The van der Waals surface area contributed by atoms with Gasteiger partial charge in [0.1, 0.15) is 0 Å². The molecule has 1 aromatic carbocycles. The molecular formula is C11H15IN2O2S. The summed E-state index contributed by atoms with van der Waals surface area (Å²) in [5.74, 6) is 0. The number of nitrogens with two attached hydrogens (primary N) is 1. The molecule has 2 atom stereocenters. The number of hydrogen-bond donors (Lipinski definition) is 1. The van der Waals surface area contributed by atoms with Gasteiger partial charge in [0.15, 0.2) is 0 Å². The Kier molecular flexibility index (Phi) is 3.65. The molecule has 0 spiro atoms. The number of alkyl halides is 1. The third kappa shape index (κ3) is 2.74. The zero-order chi connectivity index (χ0) is 12.6. The maximum Gasteiger partial charge on any atom is 0.214 e. The molecule has 0 fully saturated rings. The van der Waals surface area contributed by atoms with Gasteiger partial charge in [0, 0.05) is 12.2 Å². The molecule has 0 saturated carbocycles. The van der Waals surface area contributed by atoms with Gasteiger partial charge in [-0.15, -0.1) is 0 Å². The average Bonchev–Trinajstić information content (AvgIpc) is 2.26. The Balaban J connectivity index is 2.43. The maximum absolute atomic E-state index is 11.5. The Labute approximate surface area is 115 Å². The van der Waals surface area contributed by atoms with Gasteiger partial charge >= 0.3 is 0 Å². The van der Waals surface area contributed by atoms with E-state index in [-0.39, 0.29) is 4.05 Å². The molecule has 0 aliphatic carbocycles. The first kappa shape index (κ1) is 13.1. The summed E-state index contributed by atoms with van der Waals surface area (Å²) in [6.45, 7) is 2.52. The molecule has 0 saturated heterocycles. The van der Waals surface area contributed by atoms with E-state index in [1.807, 2.05) is 31.2 Å². The van der Waals surface area contributed by atoms with Gasteiger partial charge in [-0.1, -0.05) is 40.8 Å². The van der Waals surface area contributed by atoms with E-state index in [0.717, 1.165) is 11.3 Å². The van der Waals surface area contributed by atoms with Crippen molar-refractivity contribution in [2.75, 3.05) is 11.4 Å². The van der Waals surface area contributed by atoms with Crippen LogP contribution in [0.25, 0.3) is 0 Å². The van der Waals surface area contributed by atoms with Crippen LogP contribution in [0.15, 0.2) is 24.3 Å². The molecule has 2 N–H and O–H groups in total. The fraction of sp³-hybridized carbons (Fsp3) is 0.455. The van der Waals surface area contributed by atoms with Crippen LogP contribution in [0.1, 0.15) is 12.5 Å². The smallest absolute Gasteiger partial charge is 0.214 e. The number of anilines is 1. The summed E-state index contributed by atoms with van der Waals surface area (Å²) in [5.41, 5.74) is 2.18. The second-order valence-corrected chi connectivity index (χ2v) is 7.92. The fourth-order valence-corrected chi connectivity index (χ4v) is 3.46. The number of rotatable bonds is 2. The first-order chi connectivity index (χ1) is 7.89. The Morgan fingerprint density at radius 2 is 2.12 bits per heavy atom. The number of para-hydroxylation sites is 1. The first-order valence-electron chi connectivity index (χ1n) is 5.40. The van der Waals surface area contributed by atoms with Gasteiger partial charge < -0.3 is 4.90 Å². The van der Waals surface area contributed by atoms with E-state index in [1.165, 1.54) is 0 Å². The van der Waals surface area contributed by atoms with Gasteiger partial charge in [0.2, 0.25) is 10.0 Å². The van der Waals surface area contributed by atoms with Crippen LogP contribution in [-0.4, -0.2) is 24.3 Å². The molecule has 0 aromatic heterocycles. The molecule has 1 aromatic rings. The normalized spacial score (nSPS) is 22.1. The van der Waals surface area contributed by atoms with Crippen molar-refractivity contribution in [1.29, 1.82) is 0 Å². The summed E-state index contributed by atoms with van der Waals surface area (Å²) in [5, 5.41) is 4.77. The van der Waals surface area contributed by atoms with Crippen LogP contribution in [0.5, 0.6) is 0 Å². The number of halogens is 1.